The van der Waals surface area contributed by atoms with Gasteiger partial charge in [0.05, 0.1) is 13.2 Å². The summed E-state index contributed by atoms with van der Waals surface area (Å²) < 4.78 is 11.1. The molecule has 2 fully saturated rings. The van der Waals surface area contributed by atoms with Crippen LogP contribution in [0.3, 0.4) is 0 Å². The first-order chi connectivity index (χ1) is 8.28. The SMILES string of the molecule is COC1(C(=N)N2CCOCC2)CCCCCC1. The zero-order valence-corrected chi connectivity index (χ0v) is 10.8. The standard InChI is InChI=1S/C13H24N2O2/c1-16-13(6-4-2-3-5-7-13)12(14)15-8-10-17-11-9-15/h14H,2-11H2,1H3. The lowest BCUT2D eigenvalue weighted by Crippen LogP contribution is -2.53. The number of nitrogens with zero attached hydrogens (tertiary/aromatic N) is 1. The zero-order chi connectivity index (χ0) is 12.1. The van der Waals surface area contributed by atoms with Crippen molar-refractivity contribution >= 4 is 5.84 Å². The number of amidine groups is 1. The molecule has 1 aliphatic carbocycles. The monoisotopic (exact) mass is 240 g/mol. The Hall–Kier alpha value is -0.610. The van der Waals surface area contributed by atoms with Gasteiger partial charge in [0.25, 0.3) is 0 Å². The highest BCUT2D eigenvalue weighted by Crippen LogP contribution is 2.32. The fourth-order valence-electron chi connectivity index (χ4n) is 2.91. The summed E-state index contributed by atoms with van der Waals surface area (Å²) in [6.45, 7) is 3.15. The highest BCUT2D eigenvalue weighted by atomic mass is 16.5. The van der Waals surface area contributed by atoms with Crippen LogP contribution < -0.4 is 0 Å². The molecule has 2 rings (SSSR count). The van der Waals surface area contributed by atoms with Crippen molar-refractivity contribution in [2.24, 2.45) is 0 Å². The molecule has 1 N–H and O–H groups in total. The molecule has 98 valence electrons. The zero-order valence-electron chi connectivity index (χ0n) is 10.8. The van der Waals surface area contributed by atoms with Crippen molar-refractivity contribution in [1.29, 1.82) is 5.41 Å². The maximum Gasteiger partial charge on any atom is 0.129 e. The summed E-state index contributed by atoms with van der Waals surface area (Å²) in [4.78, 5) is 2.14. The normalized spacial score (nSPS) is 25.4. The van der Waals surface area contributed by atoms with E-state index in [9.17, 15) is 0 Å². The highest BCUT2D eigenvalue weighted by molar-refractivity contribution is 5.88. The lowest BCUT2D eigenvalue weighted by atomic mass is 9.91. The van der Waals surface area contributed by atoms with E-state index in [4.69, 9.17) is 14.9 Å². The molecule has 0 radical (unpaired) electrons. The third-order valence-corrected chi connectivity index (χ3v) is 4.06. The Kier molecular flexibility index (Phi) is 4.40. The van der Waals surface area contributed by atoms with E-state index in [0.717, 1.165) is 39.1 Å². The molecular formula is C13H24N2O2. The van der Waals surface area contributed by atoms with E-state index < -0.39 is 0 Å². The predicted molar refractivity (Wildman–Crippen MR) is 67.6 cm³/mol. The summed E-state index contributed by atoms with van der Waals surface area (Å²) in [7, 11) is 1.76. The number of rotatable bonds is 2. The van der Waals surface area contributed by atoms with Crippen LogP contribution in [0.4, 0.5) is 0 Å². The van der Waals surface area contributed by atoms with Crippen LogP contribution in [0.2, 0.25) is 0 Å². The second-order valence-electron chi connectivity index (χ2n) is 5.06. The molecule has 0 aromatic rings. The van der Waals surface area contributed by atoms with E-state index in [1.165, 1.54) is 25.7 Å². The van der Waals surface area contributed by atoms with E-state index in [2.05, 4.69) is 4.90 Å². The average molecular weight is 240 g/mol. The molecule has 0 unspecified atom stereocenters. The van der Waals surface area contributed by atoms with Gasteiger partial charge in [-0.1, -0.05) is 25.7 Å². The second kappa shape index (κ2) is 5.83. The molecular weight excluding hydrogens is 216 g/mol. The number of hydrogen-bond donors (Lipinski definition) is 1. The van der Waals surface area contributed by atoms with Crippen LogP contribution in [0, 0.1) is 5.41 Å². The second-order valence-corrected chi connectivity index (χ2v) is 5.06. The minimum Gasteiger partial charge on any atom is -0.378 e. The quantitative estimate of drug-likeness (QED) is 0.456. The van der Waals surface area contributed by atoms with Crippen LogP contribution >= 0.6 is 0 Å². The topological polar surface area (TPSA) is 45.5 Å². The fraction of sp³-hybridized carbons (Fsp3) is 0.923. The maximum atomic E-state index is 8.47. The van der Waals surface area contributed by atoms with Crippen molar-refractivity contribution in [1.82, 2.24) is 4.90 Å². The fourth-order valence-corrected chi connectivity index (χ4v) is 2.91. The summed E-state index contributed by atoms with van der Waals surface area (Å²) in [5.74, 6) is 0.685. The van der Waals surface area contributed by atoms with Crippen molar-refractivity contribution in [2.75, 3.05) is 33.4 Å². The van der Waals surface area contributed by atoms with Crippen LogP contribution in [0.25, 0.3) is 0 Å². The molecule has 4 nitrogen and oxygen atoms in total. The summed E-state index contributed by atoms with van der Waals surface area (Å²) >= 11 is 0. The molecule has 0 bridgehead atoms. The summed E-state index contributed by atoms with van der Waals surface area (Å²) in [5, 5.41) is 8.47. The molecule has 2 aliphatic rings. The third kappa shape index (κ3) is 2.80. The van der Waals surface area contributed by atoms with E-state index in [0.29, 0.717) is 5.84 Å². The van der Waals surface area contributed by atoms with Crippen molar-refractivity contribution in [3.63, 3.8) is 0 Å². The maximum absolute atomic E-state index is 8.47. The van der Waals surface area contributed by atoms with Gasteiger partial charge in [0, 0.05) is 20.2 Å². The number of nitrogens with one attached hydrogen (secondary N) is 1. The van der Waals surface area contributed by atoms with Gasteiger partial charge < -0.3 is 14.4 Å². The van der Waals surface area contributed by atoms with Gasteiger partial charge in [-0.25, -0.2) is 0 Å². The first-order valence-corrected chi connectivity index (χ1v) is 6.75. The first kappa shape index (κ1) is 12.8. The highest BCUT2D eigenvalue weighted by Gasteiger charge is 2.38. The van der Waals surface area contributed by atoms with Crippen molar-refractivity contribution in [2.45, 2.75) is 44.1 Å². The van der Waals surface area contributed by atoms with E-state index >= 15 is 0 Å². The van der Waals surface area contributed by atoms with E-state index in [1.807, 2.05) is 0 Å². The van der Waals surface area contributed by atoms with Crippen LogP contribution in [0.1, 0.15) is 38.5 Å². The van der Waals surface area contributed by atoms with E-state index in [-0.39, 0.29) is 5.60 Å². The molecule has 1 saturated carbocycles. The van der Waals surface area contributed by atoms with Gasteiger partial charge in [-0.05, 0) is 12.8 Å². The Labute approximate surface area is 104 Å². The molecule has 0 atom stereocenters. The molecule has 17 heavy (non-hydrogen) atoms. The number of hydrogen-bond acceptors (Lipinski definition) is 3. The molecule has 1 aliphatic heterocycles. The van der Waals surface area contributed by atoms with Crippen LogP contribution in [0.5, 0.6) is 0 Å². The summed E-state index contributed by atoms with van der Waals surface area (Å²) in [6.07, 6.45) is 6.92. The van der Waals surface area contributed by atoms with Crippen molar-refractivity contribution in [3.8, 4) is 0 Å². The summed E-state index contributed by atoms with van der Waals surface area (Å²) in [5.41, 5.74) is -0.326. The molecule has 0 aromatic heterocycles. The van der Waals surface area contributed by atoms with Gasteiger partial charge in [-0.3, -0.25) is 5.41 Å². The summed E-state index contributed by atoms with van der Waals surface area (Å²) in [6, 6.07) is 0. The smallest absolute Gasteiger partial charge is 0.129 e. The van der Waals surface area contributed by atoms with Crippen molar-refractivity contribution < 1.29 is 9.47 Å². The van der Waals surface area contributed by atoms with E-state index in [1.54, 1.807) is 7.11 Å². The molecule has 1 heterocycles. The number of morpholine rings is 1. The van der Waals surface area contributed by atoms with Gasteiger partial charge >= 0.3 is 0 Å². The average Bonchev–Trinajstić information content (AvgIpc) is 2.65. The Morgan fingerprint density at radius 3 is 2.24 bits per heavy atom. The van der Waals surface area contributed by atoms with Crippen LogP contribution in [-0.4, -0.2) is 49.7 Å². The molecule has 0 spiro atoms. The molecule has 1 saturated heterocycles. The number of ether oxygens (including phenoxy) is 2. The lowest BCUT2D eigenvalue weighted by Gasteiger charge is -2.40. The lowest BCUT2D eigenvalue weighted by molar-refractivity contribution is 0.0111. The van der Waals surface area contributed by atoms with Gasteiger partial charge in [0.2, 0.25) is 0 Å². The van der Waals surface area contributed by atoms with Crippen LogP contribution in [0.15, 0.2) is 0 Å². The largest absolute Gasteiger partial charge is 0.378 e. The number of methoxy groups -OCH3 is 1. The Morgan fingerprint density at radius 2 is 1.71 bits per heavy atom. The molecule has 4 heteroatoms. The molecule has 0 amide bonds. The minimum absolute atomic E-state index is 0.326. The first-order valence-electron chi connectivity index (χ1n) is 6.75. The predicted octanol–water partition coefficient (Wildman–Crippen LogP) is 2.04. The van der Waals surface area contributed by atoms with Gasteiger partial charge in [-0.15, -0.1) is 0 Å². The molecule has 0 aromatic carbocycles. The Balaban J connectivity index is 2.06. The third-order valence-electron chi connectivity index (χ3n) is 4.06. The van der Waals surface area contributed by atoms with Gasteiger partial charge in [-0.2, -0.15) is 0 Å². The minimum atomic E-state index is -0.326. The van der Waals surface area contributed by atoms with Gasteiger partial charge in [0.1, 0.15) is 11.4 Å². The van der Waals surface area contributed by atoms with Gasteiger partial charge in [0.15, 0.2) is 0 Å². The van der Waals surface area contributed by atoms with Crippen molar-refractivity contribution in [3.05, 3.63) is 0 Å². The Bertz CT molecular complexity index is 254. The Morgan fingerprint density at radius 1 is 1.12 bits per heavy atom. The van der Waals surface area contributed by atoms with Crippen LogP contribution in [-0.2, 0) is 9.47 Å².